The van der Waals surface area contributed by atoms with Gasteiger partial charge < -0.3 is 19.1 Å². The van der Waals surface area contributed by atoms with E-state index in [1.807, 2.05) is 30.7 Å². The third-order valence-electron chi connectivity index (χ3n) is 4.51. The van der Waals surface area contributed by atoms with Gasteiger partial charge >= 0.3 is 6.09 Å². The van der Waals surface area contributed by atoms with Crippen LogP contribution in [0.4, 0.5) is 4.79 Å². The van der Waals surface area contributed by atoms with Gasteiger partial charge in [-0.25, -0.2) is 4.79 Å². The van der Waals surface area contributed by atoms with Crippen molar-refractivity contribution in [1.29, 1.82) is 0 Å². The predicted octanol–water partition coefficient (Wildman–Crippen LogP) is 2.40. The van der Waals surface area contributed by atoms with E-state index >= 15 is 0 Å². The van der Waals surface area contributed by atoms with Gasteiger partial charge in [0.25, 0.3) is 5.91 Å². The zero-order chi connectivity index (χ0) is 17.3. The van der Waals surface area contributed by atoms with Gasteiger partial charge in [-0.05, 0) is 32.0 Å². The standard InChI is InChI=1S/C18H23N3O3/c1-4-24-18(23)21-9-7-20(8-10-21)17(22)16-12-14-11-13(2)5-6-15(14)19(16)3/h5-6,11-12H,4,7-10H2,1-3H3. The number of rotatable bonds is 2. The van der Waals surface area contributed by atoms with E-state index in [0.717, 1.165) is 10.9 Å². The summed E-state index contributed by atoms with van der Waals surface area (Å²) in [5.41, 5.74) is 2.91. The number of nitrogens with zero attached hydrogens (tertiary/aromatic N) is 3. The first-order valence-electron chi connectivity index (χ1n) is 8.28. The number of benzene rings is 1. The molecular weight excluding hydrogens is 306 g/mol. The summed E-state index contributed by atoms with van der Waals surface area (Å²) in [5.74, 6) is 0.00913. The summed E-state index contributed by atoms with van der Waals surface area (Å²) in [6.45, 7) is 6.27. The summed E-state index contributed by atoms with van der Waals surface area (Å²) in [4.78, 5) is 28.0. The Bertz CT molecular complexity index is 773. The maximum absolute atomic E-state index is 12.8. The van der Waals surface area contributed by atoms with Crippen LogP contribution in [-0.2, 0) is 11.8 Å². The van der Waals surface area contributed by atoms with Crippen molar-refractivity contribution < 1.29 is 14.3 Å². The molecule has 0 unspecified atom stereocenters. The highest BCUT2D eigenvalue weighted by atomic mass is 16.6. The van der Waals surface area contributed by atoms with Crippen molar-refractivity contribution in [3.63, 3.8) is 0 Å². The Kier molecular flexibility index (Phi) is 4.46. The third kappa shape index (κ3) is 2.96. The van der Waals surface area contributed by atoms with Crippen LogP contribution in [0.2, 0.25) is 0 Å². The number of fused-ring (bicyclic) bond motifs is 1. The van der Waals surface area contributed by atoms with Crippen molar-refractivity contribution in [2.24, 2.45) is 7.05 Å². The van der Waals surface area contributed by atoms with Crippen LogP contribution in [0.1, 0.15) is 23.0 Å². The number of aryl methyl sites for hydroxylation is 2. The van der Waals surface area contributed by atoms with Gasteiger partial charge in [0.05, 0.1) is 6.61 Å². The van der Waals surface area contributed by atoms with Crippen molar-refractivity contribution >= 4 is 22.9 Å². The third-order valence-corrected chi connectivity index (χ3v) is 4.51. The van der Waals surface area contributed by atoms with E-state index in [2.05, 4.69) is 12.1 Å². The number of carbonyl (C=O) groups is 2. The van der Waals surface area contributed by atoms with E-state index in [1.54, 1.807) is 16.7 Å². The molecule has 0 aliphatic carbocycles. The van der Waals surface area contributed by atoms with Gasteiger partial charge in [0.1, 0.15) is 5.69 Å². The molecule has 6 heteroatoms. The van der Waals surface area contributed by atoms with Crippen LogP contribution in [0.25, 0.3) is 10.9 Å². The second-order valence-corrected chi connectivity index (χ2v) is 6.13. The number of hydrogen-bond donors (Lipinski definition) is 0. The minimum atomic E-state index is -0.301. The maximum atomic E-state index is 12.8. The number of piperazine rings is 1. The molecule has 0 spiro atoms. The van der Waals surface area contributed by atoms with Crippen LogP contribution in [0.15, 0.2) is 24.3 Å². The molecule has 3 rings (SSSR count). The minimum Gasteiger partial charge on any atom is -0.450 e. The van der Waals surface area contributed by atoms with Crippen molar-refractivity contribution in [1.82, 2.24) is 14.4 Å². The topological polar surface area (TPSA) is 54.8 Å². The molecule has 24 heavy (non-hydrogen) atoms. The first-order valence-corrected chi connectivity index (χ1v) is 8.28. The molecule has 1 aliphatic heterocycles. The summed E-state index contributed by atoms with van der Waals surface area (Å²) in [5, 5.41) is 1.08. The van der Waals surface area contributed by atoms with Crippen molar-refractivity contribution in [3.05, 3.63) is 35.5 Å². The van der Waals surface area contributed by atoms with Crippen molar-refractivity contribution in [2.45, 2.75) is 13.8 Å². The van der Waals surface area contributed by atoms with Crippen LogP contribution in [0.5, 0.6) is 0 Å². The highest BCUT2D eigenvalue weighted by molar-refractivity contribution is 5.99. The lowest BCUT2D eigenvalue weighted by molar-refractivity contribution is 0.0563. The van der Waals surface area contributed by atoms with Gasteiger partial charge in [-0.2, -0.15) is 0 Å². The first-order chi connectivity index (χ1) is 11.5. The van der Waals surface area contributed by atoms with E-state index in [9.17, 15) is 9.59 Å². The summed E-state index contributed by atoms with van der Waals surface area (Å²) in [7, 11) is 1.92. The fourth-order valence-corrected chi connectivity index (χ4v) is 3.14. The Balaban J connectivity index is 1.74. The average molecular weight is 329 g/mol. The predicted molar refractivity (Wildman–Crippen MR) is 92.2 cm³/mol. The monoisotopic (exact) mass is 329 g/mol. The van der Waals surface area contributed by atoms with Crippen LogP contribution < -0.4 is 0 Å². The van der Waals surface area contributed by atoms with Crippen LogP contribution in [0.3, 0.4) is 0 Å². The molecule has 0 atom stereocenters. The first kappa shape index (κ1) is 16.4. The Morgan fingerprint density at radius 2 is 1.75 bits per heavy atom. The van der Waals surface area contributed by atoms with E-state index in [1.165, 1.54) is 5.56 Å². The molecule has 0 radical (unpaired) electrons. The lowest BCUT2D eigenvalue weighted by atomic mass is 10.2. The maximum Gasteiger partial charge on any atom is 0.409 e. The Hall–Kier alpha value is -2.50. The quantitative estimate of drug-likeness (QED) is 0.850. The molecule has 2 heterocycles. The van der Waals surface area contributed by atoms with Crippen LogP contribution >= 0.6 is 0 Å². The fraction of sp³-hybridized carbons (Fsp3) is 0.444. The Labute approximate surface area is 141 Å². The number of aromatic nitrogens is 1. The van der Waals surface area contributed by atoms with E-state index < -0.39 is 0 Å². The van der Waals surface area contributed by atoms with Crippen LogP contribution in [-0.4, -0.2) is 59.2 Å². The number of carbonyl (C=O) groups excluding carboxylic acids is 2. The lowest BCUT2D eigenvalue weighted by Gasteiger charge is -2.34. The van der Waals surface area contributed by atoms with E-state index in [4.69, 9.17) is 4.74 Å². The molecule has 1 aliphatic rings. The molecule has 6 nitrogen and oxygen atoms in total. The van der Waals surface area contributed by atoms with E-state index in [0.29, 0.717) is 38.5 Å². The van der Waals surface area contributed by atoms with Gasteiger partial charge in [-0.3, -0.25) is 4.79 Å². The number of ether oxygens (including phenoxy) is 1. The molecule has 128 valence electrons. The normalized spacial score (nSPS) is 15.0. The molecule has 0 bridgehead atoms. The second-order valence-electron chi connectivity index (χ2n) is 6.13. The molecule has 2 aromatic rings. The second kappa shape index (κ2) is 6.55. The number of hydrogen-bond acceptors (Lipinski definition) is 3. The summed E-state index contributed by atoms with van der Waals surface area (Å²) >= 11 is 0. The smallest absolute Gasteiger partial charge is 0.409 e. The summed E-state index contributed by atoms with van der Waals surface area (Å²) in [6, 6.07) is 8.13. The van der Waals surface area contributed by atoms with Gasteiger partial charge in [0.15, 0.2) is 0 Å². The fourth-order valence-electron chi connectivity index (χ4n) is 3.14. The highest BCUT2D eigenvalue weighted by Crippen LogP contribution is 2.21. The summed E-state index contributed by atoms with van der Waals surface area (Å²) < 4.78 is 6.95. The molecule has 1 aromatic carbocycles. The molecule has 1 saturated heterocycles. The van der Waals surface area contributed by atoms with Gasteiger partial charge in [-0.1, -0.05) is 11.6 Å². The van der Waals surface area contributed by atoms with Gasteiger partial charge in [0.2, 0.25) is 0 Å². The number of amides is 2. The van der Waals surface area contributed by atoms with Crippen molar-refractivity contribution in [2.75, 3.05) is 32.8 Å². The zero-order valence-corrected chi connectivity index (χ0v) is 14.4. The molecule has 1 fully saturated rings. The average Bonchev–Trinajstić information content (AvgIpc) is 2.90. The van der Waals surface area contributed by atoms with Gasteiger partial charge in [0, 0.05) is 44.1 Å². The SMILES string of the molecule is CCOC(=O)N1CCN(C(=O)c2cc3cc(C)ccc3n2C)CC1. The summed E-state index contributed by atoms with van der Waals surface area (Å²) in [6.07, 6.45) is -0.301. The van der Waals surface area contributed by atoms with Gasteiger partial charge in [-0.15, -0.1) is 0 Å². The molecule has 0 saturated carbocycles. The van der Waals surface area contributed by atoms with Crippen LogP contribution in [0, 0.1) is 6.92 Å². The zero-order valence-electron chi connectivity index (χ0n) is 14.4. The highest BCUT2D eigenvalue weighted by Gasteiger charge is 2.27. The Morgan fingerprint density at radius 3 is 2.42 bits per heavy atom. The largest absolute Gasteiger partial charge is 0.450 e. The molecule has 2 amide bonds. The Morgan fingerprint density at radius 1 is 1.08 bits per heavy atom. The molecule has 1 aromatic heterocycles. The lowest BCUT2D eigenvalue weighted by Crippen LogP contribution is -2.51. The minimum absolute atomic E-state index is 0.00913. The molecule has 0 N–H and O–H groups in total. The van der Waals surface area contributed by atoms with E-state index in [-0.39, 0.29) is 12.0 Å². The van der Waals surface area contributed by atoms with Crippen molar-refractivity contribution in [3.8, 4) is 0 Å². The molecular formula is C18H23N3O3.